The second-order valence-electron chi connectivity index (χ2n) is 4.12. The molecule has 2 rings (SSSR count). The molecule has 0 atom stereocenters. The molecule has 0 bridgehead atoms. The molecule has 0 saturated heterocycles. The standard InChI is InChI=1S/C14H12.C3H4O4/c1-3-7-13(8-4-1)11-12-14-9-5-2-6-10-14;4-2(5)1-3(6)7/h1-12H;1H2,(H,4,5)(H,6,7). The first-order chi connectivity index (χ1) is 10.1. The maximum Gasteiger partial charge on any atom is 0.314 e. The molecule has 0 heterocycles. The van der Waals surface area contributed by atoms with Gasteiger partial charge in [0.1, 0.15) is 6.42 Å². The van der Waals surface area contributed by atoms with Crippen molar-refractivity contribution < 1.29 is 19.8 Å². The first-order valence-corrected chi connectivity index (χ1v) is 6.29. The Kier molecular flexibility index (Phi) is 7.00. The number of hydrogen-bond donors (Lipinski definition) is 2. The van der Waals surface area contributed by atoms with Crippen LogP contribution in [0.4, 0.5) is 0 Å². The molecule has 0 amide bonds. The Hall–Kier alpha value is -2.88. The molecule has 4 nitrogen and oxygen atoms in total. The average molecular weight is 284 g/mol. The quantitative estimate of drug-likeness (QED) is 0.666. The molecule has 4 heteroatoms. The molecule has 0 aliphatic heterocycles. The summed E-state index contributed by atoms with van der Waals surface area (Å²) in [6, 6.07) is 20.6. The van der Waals surface area contributed by atoms with E-state index in [0.29, 0.717) is 0 Å². The highest BCUT2D eigenvalue weighted by atomic mass is 16.4. The third-order valence-electron chi connectivity index (χ3n) is 2.37. The minimum Gasteiger partial charge on any atom is -0.481 e. The molecule has 2 aromatic rings. The topological polar surface area (TPSA) is 74.6 Å². The van der Waals surface area contributed by atoms with Gasteiger partial charge in [-0.3, -0.25) is 9.59 Å². The van der Waals surface area contributed by atoms with E-state index in [4.69, 9.17) is 10.2 Å². The van der Waals surface area contributed by atoms with Crippen molar-refractivity contribution in [1.82, 2.24) is 0 Å². The van der Waals surface area contributed by atoms with Gasteiger partial charge in [0.2, 0.25) is 0 Å². The Morgan fingerprint density at radius 3 is 1.29 bits per heavy atom. The summed E-state index contributed by atoms with van der Waals surface area (Å²) >= 11 is 0. The smallest absolute Gasteiger partial charge is 0.314 e. The maximum atomic E-state index is 9.43. The minimum atomic E-state index is -1.31. The fraction of sp³-hybridized carbons (Fsp3) is 0.0588. The first kappa shape index (κ1) is 16.2. The summed E-state index contributed by atoms with van der Waals surface area (Å²) < 4.78 is 0. The maximum absolute atomic E-state index is 9.43. The van der Waals surface area contributed by atoms with Crippen LogP contribution in [0.25, 0.3) is 12.2 Å². The van der Waals surface area contributed by atoms with E-state index in [1.807, 2.05) is 36.4 Å². The molecular formula is C17H16O4. The number of carboxylic acids is 2. The number of carbonyl (C=O) groups is 2. The zero-order valence-corrected chi connectivity index (χ0v) is 11.3. The normalized spacial score (nSPS) is 9.71. The van der Waals surface area contributed by atoms with Crippen molar-refractivity contribution >= 4 is 24.1 Å². The monoisotopic (exact) mass is 284 g/mol. The second kappa shape index (κ2) is 9.09. The summed E-state index contributed by atoms with van der Waals surface area (Å²) in [6.45, 7) is 0. The molecular weight excluding hydrogens is 268 g/mol. The van der Waals surface area contributed by atoms with Gasteiger partial charge in [-0.25, -0.2) is 0 Å². The Morgan fingerprint density at radius 2 is 1.05 bits per heavy atom. The average Bonchev–Trinajstić information content (AvgIpc) is 2.46. The molecule has 0 aliphatic rings. The molecule has 0 unspecified atom stereocenters. The van der Waals surface area contributed by atoms with Gasteiger partial charge in [0, 0.05) is 0 Å². The SMILES string of the molecule is C(=Cc1ccccc1)c1ccccc1.O=C(O)CC(=O)O. The molecule has 0 spiro atoms. The number of hydrogen-bond acceptors (Lipinski definition) is 2. The summed E-state index contributed by atoms with van der Waals surface area (Å²) in [5.41, 5.74) is 2.47. The van der Waals surface area contributed by atoms with Crippen molar-refractivity contribution in [3.8, 4) is 0 Å². The van der Waals surface area contributed by atoms with Crippen molar-refractivity contribution in [2.45, 2.75) is 6.42 Å². The predicted molar refractivity (Wildman–Crippen MR) is 81.7 cm³/mol. The van der Waals surface area contributed by atoms with Crippen molar-refractivity contribution in [2.75, 3.05) is 0 Å². The van der Waals surface area contributed by atoms with E-state index >= 15 is 0 Å². The lowest BCUT2D eigenvalue weighted by Gasteiger charge is -1.92. The van der Waals surface area contributed by atoms with Crippen LogP contribution < -0.4 is 0 Å². The van der Waals surface area contributed by atoms with E-state index in [0.717, 1.165) is 0 Å². The van der Waals surface area contributed by atoms with Crippen LogP contribution in [0, 0.1) is 0 Å². The van der Waals surface area contributed by atoms with Crippen LogP contribution in [0.15, 0.2) is 60.7 Å². The number of benzene rings is 2. The Balaban J connectivity index is 0.000000270. The minimum absolute atomic E-state index is 0.806. The summed E-state index contributed by atoms with van der Waals surface area (Å²) in [4.78, 5) is 18.9. The Labute approximate surface area is 123 Å². The zero-order valence-electron chi connectivity index (χ0n) is 11.3. The largest absolute Gasteiger partial charge is 0.481 e. The fourth-order valence-corrected chi connectivity index (χ4v) is 1.45. The van der Waals surface area contributed by atoms with Crippen molar-refractivity contribution in [3.63, 3.8) is 0 Å². The fourth-order valence-electron chi connectivity index (χ4n) is 1.45. The van der Waals surface area contributed by atoms with Gasteiger partial charge in [-0.15, -0.1) is 0 Å². The van der Waals surface area contributed by atoms with Crippen LogP contribution in [0.3, 0.4) is 0 Å². The zero-order chi connectivity index (χ0) is 15.5. The Morgan fingerprint density at radius 1 is 0.714 bits per heavy atom. The molecule has 0 aliphatic carbocycles. The summed E-state index contributed by atoms with van der Waals surface area (Å²) in [5, 5.41) is 15.4. The van der Waals surface area contributed by atoms with Gasteiger partial charge in [-0.2, -0.15) is 0 Å². The summed E-state index contributed by atoms with van der Waals surface area (Å²) in [5.74, 6) is -2.62. The van der Waals surface area contributed by atoms with E-state index < -0.39 is 18.4 Å². The Bertz CT molecular complexity index is 535. The highest BCUT2D eigenvalue weighted by molar-refractivity contribution is 5.88. The molecule has 21 heavy (non-hydrogen) atoms. The van der Waals surface area contributed by atoms with Crippen molar-refractivity contribution in [2.24, 2.45) is 0 Å². The lowest BCUT2D eigenvalue weighted by Crippen LogP contribution is -2.03. The van der Waals surface area contributed by atoms with Crippen LogP contribution in [-0.4, -0.2) is 22.2 Å². The molecule has 108 valence electrons. The van der Waals surface area contributed by atoms with Gasteiger partial charge in [-0.1, -0.05) is 72.8 Å². The second-order valence-corrected chi connectivity index (χ2v) is 4.12. The lowest BCUT2D eigenvalue weighted by molar-refractivity contribution is -0.147. The molecule has 0 saturated carbocycles. The third kappa shape index (κ3) is 8.00. The molecule has 0 aromatic heterocycles. The molecule has 0 radical (unpaired) electrons. The summed E-state index contributed by atoms with van der Waals surface area (Å²) in [6.07, 6.45) is 3.44. The van der Waals surface area contributed by atoms with Crippen molar-refractivity contribution in [1.29, 1.82) is 0 Å². The van der Waals surface area contributed by atoms with E-state index in [-0.39, 0.29) is 0 Å². The van der Waals surface area contributed by atoms with E-state index in [1.165, 1.54) is 11.1 Å². The molecule has 2 N–H and O–H groups in total. The van der Waals surface area contributed by atoms with Gasteiger partial charge in [0.15, 0.2) is 0 Å². The highest BCUT2D eigenvalue weighted by Gasteiger charge is 2.01. The van der Waals surface area contributed by atoms with Crippen LogP contribution >= 0.6 is 0 Å². The number of rotatable bonds is 4. The molecule has 2 aromatic carbocycles. The number of carboxylic acid groups (broad SMARTS) is 2. The van der Waals surface area contributed by atoms with Crippen LogP contribution in [0.2, 0.25) is 0 Å². The lowest BCUT2D eigenvalue weighted by atomic mass is 10.1. The van der Waals surface area contributed by atoms with Gasteiger partial charge in [-0.05, 0) is 11.1 Å². The first-order valence-electron chi connectivity index (χ1n) is 6.29. The van der Waals surface area contributed by atoms with Crippen LogP contribution in [-0.2, 0) is 9.59 Å². The van der Waals surface area contributed by atoms with E-state index in [9.17, 15) is 9.59 Å². The highest BCUT2D eigenvalue weighted by Crippen LogP contribution is 2.06. The van der Waals surface area contributed by atoms with E-state index in [1.54, 1.807) is 0 Å². The van der Waals surface area contributed by atoms with E-state index in [2.05, 4.69) is 36.4 Å². The van der Waals surface area contributed by atoms with Crippen LogP contribution in [0.1, 0.15) is 17.5 Å². The van der Waals surface area contributed by atoms with Gasteiger partial charge in [0.05, 0.1) is 0 Å². The van der Waals surface area contributed by atoms with Gasteiger partial charge < -0.3 is 10.2 Å². The van der Waals surface area contributed by atoms with Crippen molar-refractivity contribution in [3.05, 3.63) is 71.8 Å². The summed E-state index contributed by atoms with van der Waals surface area (Å²) in [7, 11) is 0. The molecule has 0 fully saturated rings. The van der Waals surface area contributed by atoms with Gasteiger partial charge >= 0.3 is 11.9 Å². The number of aliphatic carboxylic acids is 2. The van der Waals surface area contributed by atoms with Crippen LogP contribution in [0.5, 0.6) is 0 Å². The third-order valence-corrected chi connectivity index (χ3v) is 2.37. The predicted octanol–water partition coefficient (Wildman–Crippen LogP) is 3.40. The van der Waals surface area contributed by atoms with Gasteiger partial charge in [0.25, 0.3) is 0 Å².